The predicted molar refractivity (Wildman–Crippen MR) is 52.9 cm³/mol. The first-order valence-electron chi connectivity index (χ1n) is 4.45. The Hall–Kier alpha value is -0.123. The predicted octanol–water partition coefficient (Wildman–Crippen LogP) is 1.38. The van der Waals surface area contributed by atoms with Gasteiger partial charge in [0.2, 0.25) is 0 Å². The van der Waals surface area contributed by atoms with Gasteiger partial charge in [0.1, 0.15) is 0 Å². The second-order valence-corrected chi connectivity index (χ2v) is 10.0. The van der Waals surface area contributed by atoms with Crippen LogP contribution in [0.15, 0.2) is 12.2 Å². The fourth-order valence-corrected chi connectivity index (χ4v) is 3.62. The highest BCUT2D eigenvalue weighted by atomic mass is 28.3. The van der Waals surface area contributed by atoms with E-state index in [9.17, 15) is 10.2 Å². The maximum atomic E-state index is 9.71. The van der Waals surface area contributed by atoms with Crippen LogP contribution in [0.4, 0.5) is 0 Å². The van der Waals surface area contributed by atoms with Crippen molar-refractivity contribution in [3.8, 4) is 0 Å². The van der Waals surface area contributed by atoms with E-state index in [0.29, 0.717) is 6.42 Å². The zero-order chi connectivity index (χ0) is 9.35. The maximum Gasteiger partial charge on any atom is 0.0840 e. The van der Waals surface area contributed by atoms with Crippen molar-refractivity contribution in [1.82, 2.24) is 0 Å². The third-order valence-electron chi connectivity index (χ3n) is 2.48. The minimum Gasteiger partial charge on any atom is -0.390 e. The summed E-state index contributed by atoms with van der Waals surface area (Å²) in [6, 6.07) is 0. The second kappa shape index (κ2) is 3.32. The lowest BCUT2D eigenvalue weighted by molar-refractivity contribution is 0.0182. The van der Waals surface area contributed by atoms with Gasteiger partial charge in [-0.05, 0) is 12.0 Å². The number of hydrogen-bond acceptors (Lipinski definition) is 2. The summed E-state index contributed by atoms with van der Waals surface area (Å²) in [5, 5.41) is 19.1. The molecule has 0 aromatic rings. The van der Waals surface area contributed by atoms with Gasteiger partial charge in [-0.15, -0.1) is 0 Å². The smallest absolute Gasteiger partial charge is 0.0840 e. The lowest BCUT2D eigenvalue weighted by Crippen LogP contribution is -2.42. The van der Waals surface area contributed by atoms with Crippen LogP contribution in [0.3, 0.4) is 0 Å². The second-order valence-electron chi connectivity index (χ2n) is 4.61. The van der Waals surface area contributed by atoms with E-state index in [2.05, 4.69) is 25.7 Å². The third kappa shape index (κ3) is 1.97. The zero-order valence-electron chi connectivity index (χ0n) is 7.99. The van der Waals surface area contributed by atoms with Gasteiger partial charge in [-0.3, -0.25) is 0 Å². The molecule has 0 radical (unpaired) electrons. The first kappa shape index (κ1) is 9.96. The van der Waals surface area contributed by atoms with Gasteiger partial charge >= 0.3 is 0 Å². The van der Waals surface area contributed by atoms with Gasteiger partial charge in [0.15, 0.2) is 0 Å². The molecule has 0 aliphatic heterocycles. The molecule has 1 aliphatic carbocycles. The summed E-state index contributed by atoms with van der Waals surface area (Å²) >= 11 is 0. The summed E-state index contributed by atoms with van der Waals surface area (Å²) in [6.07, 6.45) is 3.57. The average Bonchev–Trinajstić information content (AvgIpc) is 1.92. The van der Waals surface area contributed by atoms with E-state index in [0.717, 1.165) is 0 Å². The van der Waals surface area contributed by atoms with Crippen LogP contribution < -0.4 is 0 Å². The van der Waals surface area contributed by atoms with Gasteiger partial charge in [0, 0.05) is 0 Å². The van der Waals surface area contributed by atoms with E-state index in [-0.39, 0.29) is 5.54 Å². The molecule has 2 nitrogen and oxygen atoms in total. The molecular formula is C9H18O2Si. The molecule has 1 aliphatic rings. The normalized spacial score (nSPS) is 36.9. The topological polar surface area (TPSA) is 40.5 Å². The summed E-state index contributed by atoms with van der Waals surface area (Å²) in [6.45, 7) is 6.63. The van der Waals surface area contributed by atoms with Gasteiger partial charge in [0.25, 0.3) is 0 Å². The highest BCUT2D eigenvalue weighted by Crippen LogP contribution is 2.32. The molecule has 70 valence electrons. The van der Waals surface area contributed by atoms with Crippen molar-refractivity contribution in [2.45, 2.75) is 43.8 Å². The van der Waals surface area contributed by atoms with E-state index < -0.39 is 20.3 Å². The van der Waals surface area contributed by atoms with Crippen molar-refractivity contribution in [3.05, 3.63) is 12.2 Å². The van der Waals surface area contributed by atoms with E-state index in [1.165, 1.54) is 0 Å². The molecule has 2 N–H and O–H groups in total. The molecule has 0 fully saturated rings. The highest BCUT2D eigenvalue weighted by Gasteiger charge is 2.36. The maximum absolute atomic E-state index is 9.71. The third-order valence-corrected chi connectivity index (χ3v) is 5.02. The standard InChI is InChI=1S/C9H18O2Si/c1-12(2,3)8-6-4-5-7(10)9(8)11/h4,6-11H,5H2,1-3H3/t7-,8-,9-/m0/s1. The zero-order valence-corrected chi connectivity index (χ0v) is 8.99. The number of rotatable bonds is 1. The lowest BCUT2D eigenvalue weighted by Gasteiger charge is -2.35. The molecule has 12 heavy (non-hydrogen) atoms. The minimum atomic E-state index is -1.36. The molecule has 3 heteroatoms. The SMILES string of the molecule is C[Si](C)(C)[C@H]1C=CC[C@H](O)[C@@H]1O. The Morgan fingerprint density at radius 2 is 1.83 bits per heavy atom. The summed E-state index contributed by atoms with van der Waals surface area (Å²) in [7, 11) is -1.36. The molecule has 1 rings (SSSR count). The summed E-state index contributed by atoms with van der Waals surface area (Å²) in [4.78, 5) is 0. The van der Waals surface area contributed by atoms with Crippen molar-refractivity contribution >= 4 is 8.07 Å². The Kier molecular flexibility index (Phi) is 2.76. The van der Waals surface area contributed by atoms with E-state index in [1.54, 1.807) is 0 Å². The van der Waals surface area contributed by atoms with E-state index >= 15 is 0 Å². The Bertz CT molecular complexity index is 183. The van der Waals surface area contributed by atoms with Crippen molar-refractivity contribution in [2.24, 2.45) is 0 Å². The Morgan fingerprint density at radius 3 is 2.25 bits per heavy atom. The molecule has 0 saturated heterocycles. The van der Waals surface area contributed by atoms with Gasteiger partial charge < -0.3 is 10.2 Å². The number of aliphatic hydroxyl groups is 2. The van der Waals surface area contributed by atoms with Crippen molar-refractivity contribution in [1.29, 1.82) is 0 Å². The molecule has 0 aromatic heterocycles. The van der Waals surface area contributed by atoms with Crippen LogP contribution in [0.25, 0.3) is 0 Å². The Balaban J connectivity index is 2.77. The molecular weight excluding hydrogens is 168 g/mol. The van der Waals surface area contributed by atoms with Crippen LogP contribution in [0.5, 0.6) is 0 Å². The van der Waals surface area contributed by atoms with Crippen molar-refractivity contribution < 1.29 is 10.2 Å². The first-order valence-corrected chi connectivity index (χ1v) is 8.03. The van der Waals surface area contributed by atoms with Gasteiger partial charge in [0.05, 0.1) is 20.3 Å². The van der Waals surface area contributed by atoms with Crippen molar-refractivity contribution in [2.75, 3.05) is 0 Å². The molecule has 0 saturated carbocycles. The number of hydrogen-bond donors (Lipinski definition) is 2. The summed E-state index contributed by atoms with van der Waals surface area (Å²) in [5.41, 5.74) is 0.209. The fraction of sp³-hybridized carbons (Fsp3) is 0.778. The van der Waals surface area contributed by atoms with Crippen molar-refractivity contribution in [3.63, 3.8) is 0 Å². The minimum absolute atomic E-state index is 0.209. The monoisotopic (exact) mass is 186 g/mol. The molecule has 0 bridgehead atoms. The van der Waals surface area contributed by atoms with Crippen LogP contribution in [0.2, 0.25) is 25.2 Å². The Morgan fingerprint density at radius 1 is 1.25 bits per heavy atom. The molecule has 0 unspecified atom stereocenters. The van der Waals surface area contributed by atoms with Gasteiger partial charge in [-0.1, -0.05) is 31.8 Å². The van der Waals surface area contributed by atoms with Crippen LogP contribution in [-0.4, -0.2) is 30.5 Å². The van der Waals surface area contributed by atoms with Crippen LogP contribution in [-0.2, 0) is 0 Å². The van der Waals surface area contributed by atoms with Crippen LogP contribution in [0.1, 0.15) is 6.42 Å². The summed E-state index contributed by atoms with van der Waals surface area (Å²) < 4.78 is 0. The van der Waals surface area contributed by atoms with E-state index in [1.807, 2.05) is 6.08 Å². The fourth-order valence-electron chi connectivity index (χ4n) is 1.66. The molecule has 3 atom stereocenters. The first-order chi connectivity index (χ1) is 5.43. The molecule has 0 amide bonds. The molecule has 0 spiro atoms. The highest BCUT2D eigenvalue weighted by molar-refractivity contribution is 6.78. The van der Waals surface area contributed by atoms with Gasteiger partial charge in [-0.25, -0.2) is 0 Å². The van der Waals surface area contributed by atoms with E-state index in [4.69, 9.17) is 0 Å². The lowest BCUT2D eigenvalue weighted by atomic mass is 10.0. The largest absolute Gasteiger partial charge is 0.390 e. The number of aliphatic hydroxyl groups excluding tert-OH is 2. The van der Waals surface area contributed by atoms with Gasteiger partial charge in [-0.2, -0.15) is 0 Å². The van der Waals surface area contributed by atoms with Crippen LogP contribution >= 0.6 is 0 Å². The quantitative estimate of drug-likeness (QED) is 0.480. The Labute approximate surface area is 74.9 Å². The molecule has 0 heterocycles. The van der Waals surface area contributed by atoms with Crippen LogP contribution in [0, 0.1) is 0 Å². The average molecular weight is 186 g/mol. The molecule has 0 aromatic carbocycles. The summed E-state index contributed by atoms with van der Waals surface area (Å²) in [5.74, 6) is 0.